The summed E-state index contributed by atoms with van der Waals surface area (Å²) in [6, 6.07) is 31.5. The lowest BCUT2D eigenvalue weighted by atomic mass is 9.48. The van der Waals surface area contributed by atoms with Crippen LogP contribution in [-0.4, -0.2) is 0 Å². The molecule has 2 aliphatic heterocycles. The Balaban J connectivity index is 1.55. The average molecular weight is 401 g/mol. The van der Waals surface area contributed by atoms with Gasteiger partial charge in [-0.15, -0.1) is 6.58 Å². The number of rotatable bonds is 1. The number of allylic oxidation sites excluding steroid dienone is 1. The Morgan fingerprint density at radius 3 is 2.35 bits per heavy atom. The molecule has 2 heteroatoms. The minimum Gasteiger partial charge on any atom is -0.194 e. The third-order valence-corrected chi connectivity index (χ3v) is 7.94. The average Bonchev–Trinajstić information content (AvgIpc) is 2.83. The molecule has 4 heterocycles. The van der Waals surface area contributed by atoms with E-state index < -0.39 is 0 Å². The Kier molecular flexibility index (Phi) is 3.33. The van der Waals surface area contributed by atoms with Crippen LogP contribution in [0.1, 0.15) is 23.1 Å². The fraction of sp³-hybridized carbons (Fsp3) is 0.172. The van der Waals surface area contributed by atoms with Crippen molar-refractivity contribution in [3.05, 3.63) is 121 Å². The maximum atomic E-state index is 4.35. The lowest BCUT2D eigenvalue weighted by Crippen LogP contribution is -2.79. The molecule has 148 valence electrons. The third kappa shape index (κ3) is 1.98. The van der Waals surface area contributed by atoms with Gasteiger partial charge >= 0.3 is 0 Å². The normalized spacial score (nSPS) is 26.5. The number of aromatic nitrogens is 2. The first-order chi connectivity index (χ1) is 15.3. The summed E-state index contributed by atoms with van der Waals surface area (Å²) in [6.45, 7) is 4.35. The maximum Gasteiger partial charge on any atom is 0.213 e. The van der Waals surface area contributed by atoms with E-state index in [9.17, 15) is 0 Å². The summed E-state index contributed by atoms with van der Waals surface area (Å²) in [5.74, 6) is 0.739. The van der Waals surface area contributed by atoms with Gasteiger partial charge in [0.1, 0.15) is 11.8 Å². The van der Waals surface area contributed by atoms with Gasteiger partial charge in [0, 0.05) is 36.2 Å². The van der Waals surface area contributed by atoms with Gasteiger partial charge in [-0.05, 0) is 35.4 Å². The highest BCUT2D eigenvalue weighted by Gasteiger charge is 2.75. The van der Waals surface area contributed by atoms with E-state index in [4.69, 9.17) is 0 Å². The van der Waals surface area contributed by atoms with Crippen LogP contribution < -0.4 is 9.13 Å². The molecule has 0 N–H and O–H groups in total. The van der Waals surface area contributed by atoms with Crippen molar-refractivity contribution in [2.75, 3.05) is 0 Å². The number of benzene rings is 2. The topological polar surface area (TPSA) is 7.76 Å². The Hall–Kier alpha value is -3.52. The molecule has 2 aromatic carbocycles. The number of pyridine rings is 2. The summed E-state index contributed by atoms with van der Waals surface area (Å²) in [5.41, 5.74) is 8.22. The van der Waals surface area contributed by atoms with E-state index in [0.29, 0.717) is 17.9 Å². The van der Waals surface area contributed by atoms with Crippen molar-refractivity contribution in [1.82, 2.24) is 0 Å². The van der Waals surface area contributed by atoms with Gasteiger partial charge in [0.25, 0.3) is 0 Å². The molecule has 3 aliphatic rings. The molecule has 0 radical (unpaired) electrons. The predicted molar refractivity (Wildman–Crippen MR) is 121 cm³/mol. The smallest absolute Gasteiger partial charge is 0.194 e. The SMILES string of the molecule is C=CC1C2C(c3ccccc3-c3cccc[n+]32)C12Cc1ccccc1-c1cccc[n+]12. The van der Waals surface area contributed by atoms with E-state index in [2.05, 4.69) is 119 Å². The zero-order chi connectivity index (χ0) is 20.6. The highest BCUT2D eigenvalue weighted by atomic mass is 15.2. The van der Waals surface area contributed by atoms with Gasteiger partial charge in [0.05, 0.1) is 5.56 Å². The first kappa shape index (κ1) is 17.2. The second-order valence-electron chi connectivity index (χ2n) is 9.09. The van der Waals surface area contributed by atoms with E-state index in [1.54, 1.807) is 0 Å². The zero-order valence-corrected chi connectivity index (χ0v) is 17.4. The number of hydrogen-bond donors (Lipinski definition) is 0. The number of nitrogens with zero attached hydrogens (tertiary/aromatic N) is 2. The van der Waals surface area contributed by atoms with Crippen molar-refractivity contribution < 1.29 is 9.13 Å². The van der Waals surface area contributed by atoms with Gasteiger partial charge in [-0.3, -0.25) is 0 Å². The van der Waals surface area contributed by atoms with Gasteiger partial charge in [0.15, 0.2) is 24.0 Å². The molecule has 2 aromatic heterocycles. The quantitative estimate of drug-likeness (QED) is 0.314. The number of fused-ring (bicyclic) bond motifs is 11. The molecule has 0 amide bonds. The molecule has 1 saturated carbocycles. The molecule has 1 fully saturated rings. The minimum absolute atomic E-state index is 0.0476. The van der Waals surface area contributed by atoms with Gasteiger partial charge in [0.2, 0.25) is 11.4 Å². The van der Waals surface area contributed by atoms with Crippen LogP contribution in [0.4, 0.5) is 0 Å². The standard InChI is InChI=1S/C29H24N2/c1-2-24-28-27(23-14-6-5-13-22(23)25-15-7-9-17-30(25)28)29(24)19-20-11-3-4-12-21(20)26-16-8-10-18-31(26)29/h2-18,24,27-28H,1,19H2/q+2. The van der Waals surface area contributed by atoms with Crippen molar-refractivity contribution in [3.8, 4) is 22.5 Å². The van der Waals surface area contributed by atoms with Crippen molar-refractivity contribution in [2.24, 2.45) is 5.92 Å². The zero-order valence-electron chi connectivity index (χ0n) is 17.4. The summed E-state index contributed by atoms with van der Waals surface area (Å²) in [4.78, 5) is 0. The van der Waals surface area contributed by atoms with E-state index in [1.165, 1.54) is 33.6 Å². The van der Waals surface area contributed by atoms with Crippen LogP contribution in [0, 0.1) is 5.92 Å². The van der Waals surface area contributed by atoms with Crippen molar-refractivity contribution in [1.29, 1.82) is 0 Å². The second-order valence-corrected chi connectivity index (χ2v) is 9.09. The fourth-order valence-electron chi connectivity index (χ4n) is 6.84. The molecule has 4 atom stereocenters. The molecule has 31 heavy (non-hydrogen) atoms. The Morgan fingerprint density at radius 1 is 0.774 bits per heavy atom. The number of hydrogen-bond acceptors (Lipinski definition) is 0. The molecule has 0 saturated heterocycles. The molecule has 4 aromatic rings. The minimum atomic E-state index is -0.0476. The first-order valence-corrected chi connectivity index (χ1v) is 11.2. The monoisotopic (exact) mass is 400 g/mol. The highest BCUT2D eigenvalue weighted by molar-refractivity contribution is 5.67. The fourth-order valence-corrected chi connectivity index (χ4v) is 6.84. The molecule has 2 nitrogen and oxygen atoms in total. The van der Waals surface area contributed by atoms with Crippen LogP contribution in [0.5, 0.6) is 0 Å². The van der Waals surface area contributed by atoms with Crippen molar-refractivity contribution >= 4 is 0 Å². The lowest BCUT2D eigenvalue weighted by Gasteiger charge is -2.55. The van der Waals surface area contributed by atoms with Crippen LogP contribution in [0.3, 0.4) is 0 Å². The summed E-state index contributed by atoms with van der Waals surface area (Å²) >= 11 is 0. The van der Waals surface area contributed by atoms with Gasteiger partial charge < -0.3 is 0 Å². The molecular formula is C29H24N2+2. The molecule has 4 unspecified atom stereocenters. The van der Waals surface area contributed by atoms with Gasteiger partial charge in [-0.2, -0.15) is 9.13 Å². The summed E-state index contributed by atoms with van der Waals surface area (Å²) in [5, 5.41) is 0. The summed E-state index contributed by atoms with van der Waals surface area (Å²) < 4.78 is 5.09. The largest absolute Gasteiger partial charge is 0.213 e. The lowest BCUT2D eigenvalue weighted by molar-refractivity contribution is -0.837. The summed E-state index contributed by atoms with van der Waals surface area (Å²) in [7, 11) is 0. The van der Waals surface area contributed by atoms with E-state index in [0.717, 1.165) is 6.42 Å². The highest BCUT2D eigenvalue weighted by Crippen LogP contribution is 2.64. The molecule has 7 rings (SSSR count). The van der Waals surface area contributed by atoms with Gasteiger partial charge in [-0.1, -0.05) is 42.5 Å². The maximum absolute atomic E-state index is 4.35. The van der Waals surface area contributed by atoms with Crippen LogP contribution in [-0.2, 0) is 12.0 Å². The molecule has 0 bridgehead atoms. The van der Waals surface area contributed by atoms with E-state index in [-0.39, 0.29) is 5.54 Å². The first-order valence-electron chi connectivity index (χ1n) is 11.2. The molecule has 1 aliphatic carbocycles. The second kappa shape index (κ2) is 6.01. The Bertz CT molecular complexity index is 1370. The van der Waals surface area contributed by atoms with E-state index in [1.807, 2.05) is 0 Å². The molecular weight excluding hydrogens is 376 g/mol. The third-order valence-electron chi connectivity index (χ3n) is 7.94. The van der Waals surface area contributed by atoms with Crippen LogP contribution in [0.15, 0.2) is 110 Å². The van der Waals surface area contributed by atoms with Crippen molar-refractivity contribution in [3.63, 3.8) is 0 Å². The van der Waals surface area contributed by atoms with Crippen LogP contribution >= 0.6 is 0 Å². The van der Waals surface area contributed by atoms with E-state index >= 15 is 0 Å². The Labute approximate surface area is 182 Å². The Morgan fingerprint density at radius 2 is 1.48 bits per heavy atom. The molecule has 1 spiro atoms. The van der Waals surface area contributed by atoms with Crippen molar-refractivity contribution in [2.45, 2.75) is 23.9 Å². The van der Waals surface area contributed by atoms with Gasteiger partial charge in [-0.25, -0.2) is 0 Å². The summed E-state index contributed by atoms with van der Waals surface area (Å²) in [6.07, 6.45) is 7.81. The van der Waals surface area contributed by atoms with Crippen LogP contribution in [0.25, 0.3) is 22.5 Å². The van der Waals surface area contributed by atoms with Crippen LogP contribution in [0.2, 0.25) is 0 Å². The predicted octanol–water partition coefficient (Wildman–Crippen LogP) is 5.00.